The van der Waals surface area contributed by atoms with Gasteiger partial charge in [0.15, 0.2) is 0 Å². The van der Waals surface area contributed by atoms with Crippen LogP contribution in [-0.2, 0) is 10.0 Å². The van der Waals surface area contributed by atoms with Gasteiger partial charge in [0, 0.05) is 6.04 Å². The number of benzene rings is 1. The molecule has 0 radical (unpaired) electrons. The predicted octanol–water partition coefficient (Wildman–Crippen LogP) is 2.35. The number of nitrogens with one attached hydrogen (secondary N) is 1. The standard InChI is InChI=1S/C16H25N3O2S/c1-4-19(5-2)11-7-8-14(3)18-22(20,21)16-10-6-9-15(12-16)13-17/h6,9-10,12,14,18H,4-5,7-8,11H2,1-3H3/t14-/m1/s1. The summed E-state index contributed by atoms with van der Waals surface area (Å²) in [5.74, 6) is 0. The third kappa shape index (κ3) is 5.76. The van der Waals surface area contributed by atoms with Crippen LogP contribution in [0.25, 0.3) is 0 Å². The maximum atomic E-state index is 12.3. The Morgan fingerprint density at radius 2 is 2.00 bits per heavy atom. The van der Waals surface area contributed by atoms with Gasteiger partial charge in [0.1, 0.15) is 0 Å². The highest BCUT2D eigenvalue weighted by Crippen LogP contribution is 2.12. The quantitative estimate of drug-likeness (QED) is 0.757. The summed E-state index contributed by atoms with van der Waals surface area (Å²) < 4.78 is 27.3. The molecule has 0 heterocycles. The average molecular weight is 323 g/mol. The molecule has 5 nitrogen and oxygen atoms in total. The summed E-state index contributed by atoms with van der Waals surface area (Å²) in [6, 6.07) is 7.89. The van der Waals surface area contributed by atoms with Gasteiger partial charge in [-0.25, -0.2) is 13.1 Å². The molecule has 0 fully saturated rings. The van der Waals surface area contributed by atoms with Crippen LogP contribution in [0.15, 0.2) is 29.2 Å². The van der Waals surface area contributed by atoms with Crippen LogP contribution in [0.3, 0.4) is 0 Å². The lowest BCUT2D eigenvalue weighted by molar-refractivity contribution is 0.293. The predicted molar refractivity (Wildman–Crippen MR) is 88.0 cm³/mol. The highest BCUT2D eigenvalue weighted by molar-refractivity contribution is 7.89. The van der Waals surface area contributed by atoms with Gasteiger partial charge in [0.05, 0.1) is 16.5 Å². The fourth-order valence-electron chi connectivity index (χ4n) is 2.29. The zero-order valence-electron chi connectivity index (χ0n) is 13.5. The van der Waals surface area contributed by atoms with Crippen molar-refractivity contribution in [2.24, 2.45) is 0 Å². The van der Waals surface area contributed by atoms with Crippen molar-refractivity contribution in [1.82, 2.24) is 9.62 Å². The van der Waals surface area contributed by atoms with E-state index in [1.807, 2.05) is 13.0 Å². The maximum absolute atomic E-state index is 12.3. The van der Waals surface area contributed by atoms with E-state index in [0.29, 0.717) is 5.56 Å². The van der Waals surface area contributed by atoms with Gasteiger partial charge in [-0.2, -0.15) is 5.26 Å². The van der Waals surface area contributed by atoms with Crippen molar-refractivity contribution in [2.75, 3.05) is 19.6 Å². The first-order chi connectivity index (χ1) is 10.4. The van der Waals surface area contributed by atoms with Crippen LogP contribution < -0.4 is 4.72 Å². The van der Waals surface area contributed by atoms with E-state index in [9.17, 15) is 8.42 Å². The second kappa shape index (κ2) is 8.89. The molecule has 1 atom stereocenters. The van der Waals surface area contributed by atoms with E-state index in [1.54, 1.807) is 12.1 Å². The van der Waals surface area contributed by atoms with Crippen molar-refractivity contribution in [1.29, 1.82) is 5.26 Å². The largest absolute Gasteiger partial charge is 0.304 e. The lowest BCUT2D eigenvalue weighted by Gasteiger charge is -2.19. The molecule has 0 bridgehead atoms. The molecule has 122 valence electrons. The van der Waals surface area contributed by atoms with Crippen molar-refractivity contribution in [3.05, 3.63) is 29.8 Å². The zero-order chi connectivity index (χ0) is 16.6. The molecule has 0 aliphatic rings. The third-order valence-corrected chi connectivity index (χ3v) is 5.22. The Balaban J connectivity index is 2.58. The summed E-state index contributed by atoms with van der Waals surface area (Å²) in [7, 11) is -3.57. The minimum Gasteiger partial charge on any atom is -0.304 e. The fourth-order valence-corrected chi connectivity index (χ4v) is 3.61. The minimum atomic E-state index is -3.57. The summed E-state index contributed by atoms with van der Waals surface area (Å²) in [5.41, 5.74) is 0.345. The Morgan fingerprint density at radius 1 is 1.32 bits per heavy atom. The van der Waals surface area contributed by atoms with Gasteiger partial charge in [-0.3, -0.25) is 0 Å². The first kappa shape index (κ1) is 18.6. The van der Waals surface area contributed by atoms with Gasteiger partial charge in [-0.15, -0.1) is 0 Å². The molecule has 0 unspecified atom stereocenters. The van der Waals surface area contributed by atoms with Gasteiger partial charge >= 0.3 is 0 Å². The average Bonchev–Trinajstić information content (AvgIpc) is 2.51. The molecule has 1 N–H and O–H groups in total. The molecular weight excluding hydrogens is 298 g/mol. The number of sulfonamides is 1. The van der Waals surface area contributed by atoms with Crippen molar-refractivity contribution in [2.45, 2.75) is 44.6 Å². The van der Waals surface area contributed by atoms with E-state index in [-0.39, 0.29) is 10.9 Å². The summed E-state index contributed by atoms with van der Waals surface area (Å²) in [6.45, 7) is 9.11. The molecule has 0 amide bonds. The Kier molecular flexibility index (Phi) is 7.52. The van der Waals surface area contributed by atoms with E-state index in [4.69, 9.17) is 5.26 Å². The molecule has 0 spiro atoms. The van der Waals surface area contributed by atoms with Crippen LogP contribution in [0.5, 0.6) is 0 Å². The van der Waals surface area contributed by atoms with Gasteiger partial charge in [-0.1, -0.05) is 19.9 Å². The number of nitriles is 1. The second-order valence-electron chi connectivity index (χ2n) is 5.33. The van der Waals surface area contributed by atoms with E-state index in [2.05, 4.69) is 23.5 Å². The third-order valence-electron chi connectivity index (χ3n) is 3.64. The fraction of sp³-hybridized carbons (Fsp3) is 0.562. The molecule has 1 rings (SSSR count). The van der Waals surface area contributed by atoms with Crippen molar-refractivity contribution >= 4 is 10.0 Å². The number of hydrogen-bond donors (Lipinski definition) is 1. The summed E-state index contributed by atoms with van der Waals surface area (Å²) in [6.07, 6.45) is 1.73. The van der Waals surface area contributed by atoms with Crippen LogP contribution in [0.2, 0.25) is 0 Å². The van der Waals surface area contributed by atoms with Crippen molar-refractivity contribution < 1.29 is 8.42 Å². The topological polar surface area (TPSA) is 73.2 Å². The molecule has 1 aromatic carbocycles. The summed E-state index contributed by atoms with van der Waals surface area (Å²) in [4.78, 5) is 2.46. The van der Waals surface area contributed by atoms with E-state index < -0.39 is 10.0 Å². The molecule has 6 heteroatoms. The smallest absolute Gasteiger partial charge is 0.240 e. The van der Waals surface area contributed by atoms with Gasteiger partial charge in [0.2, 0.25) is 10.0 Å². The van der Waals surface area contributed by atoms with Crippen LogP contribution in [-0.4, -0.2) is 39.0 Å². The van der Waals surface area contributed by atoms with Crippen molar-refractivity contribution in [3.8, 4) is 6.07 Å². The highest BCUT2D eigenvalue weighted by Gasteiger charge is 2.17. The van der Waals surface area contributed by atoms with Crippen molar-refractivity contribution in [3.63, 3.8) is 0 Å². The number of hydrogen-bond acceptors (Lipinski definition) is 4. The summed E-state index contributed by atoms with van der Waals surface area (Å²) >= 11 is 0. The second-order valence-corrected chi connectivity index (χ2v) is 7.05. The van der Waals surface area contributed by atoms with Crippen LogP contribution in [0.4, 0.5) is 0 Å². The zero-order valence-corrected chi connectivity index (χ0v) is 14.4. The highest BCUT2D eigenvalue weighted by atomic mass is 32.2. The Hall–Kier alpha value is -1.42. The molecule has 0 aliphatic carbocycles. The maximum Gasteiger partial charge on any atom is 0.240 e. The molecule has 1 aromatic rings. The Bertz CT molecular complexity index is 604. The van der Waals surface area contributed by atoms with Gasteiger partial charge in [-0.05, 0) is 57.6 Å². The SMILES string of the molecule is CCN(CC)CCC[C@@H](C)NS(=O)(=O)c1cccc(C#N)c1. The molecule has 0 aromatic heterocycles. The first-order valence-corrected chi connectivity index (χ1v) is 9.16. The van der Waals surface area contributed by atoms with Crippen LogP contribution >= 0.6 is 0 Å². The molecule has 0 saturated carbocycles. The van der Waals surface area contributed by atoms with Crippen LogP contribution in [0, 0.1) is 11.3 Å². The first-order valence-electron chi connectivity index (χ1n) is 7.67. The Labute approximate surface area is 134 Å². The normalized spacial score (nSPS) is 13.0. The lowest BCUT2D eigenvalue weighted by Crippen LogP contribution is -2.33. The Morgan fingerprint density at radius 3 is 2.59 bits per heavy atom. The molecule has 22 heavy (non-hydrogen) atoms. The molecule has 0 aliphatic heterocycles. The van der Waals surface area contributed by atoms with E-state index in [1.165, 1.54) is 12.1 Å². The summed E-state index contributed by atoms with van der Waals surface area (Å²) in [5, 5.41) is 8.85. The lowest BCUT2D eigenvalue weighted by atomic mass is 10.2. The van der Waals surface area contributed by atoms with Gasteiger partial charge < -0.3 is 4.90 Å². The monoisotopic (exact) mass is 323 g/mol. The minimum absolute atomic E-state index is 0.133. The van der Waals surface area contributed by atoms with E-state index in [0.717, 1.165) is 32.5 Å². The van der Waals surface area contributed by atoms with Crippen LogP contribution in [0.1, 0.15) is 39.2 Å². The number of nitrogens with zero attached hydrogens (tertiary/aromatic N) is 2. The number of rotatable bonds is 9. The van der Waals surface area contributed by atoms with E-state index >= 15 is 0 Å². The van der Waals surface area contributed by atoms with Gasteiger partial charge in [0.25, 0.3) is 0 Å². The molecular formula is C16H25N3O2S. The molecule has 0 saturated heterocycles.